The number of benzene rings is 2. The van der Waals surface area contributed by atoms with Gasteiger partial charge in [-0.2, -0.15) is 0 Å². The maximum atomic E-state index is 12.2. The van der Waals surface area contributed by atoms with E-state index >= 15 is 0 Å². The summed E-state index contributed by atoms with van der Waals surface area (Å²) in [7, 11) is 0. The first-order valence-electron chi connectivity index (χ1n) is 6.24. The lowest BCUT2D eigenvalue weighted by molar-refractivity contribution is 0.103. The van der Waals surface area contributed by atoms with Crippen molar-refractivity contribution < 1.29 is 9.53 Å². The van der Waals surface area contributed by atoms with Crippen LogP contribution in [0, 0.1) is 0 Å². The molecule has 3 heteroatoms. The molecule has 0 N–H and O–H groups in total. The summed E-state index contributed by atoms with van der Waals surface area (Å²) in [5.74, 6) is 0.744. The van der Waals surface area contributed by atoms with Crippen molar-refractivity contribution in [3.8, 4) is 5.75 Å². The fraction of sp³-hybridized carbons (Fsp3) is 0.188. The van der Waals surface area contributed by atoms with Crippen molar-refractivity contribution in [3.05, 3.63) is 64.7 Å². The molecule has 0 amide bonds. The summed E-state index contributed by atoms with van der Waals surface area (Å²) in [6.07, 6.45) is 0.962. The first-order chi connectivity index (χ1) is 9.20. The van der Waals surface area contributed by atoms with Gasteiger partial charge in [-0.05, 0) is 42.8 Å². The van der Waals surface area contributed by atoms with Crippen LogP contribution in [0.25, 0.3) is 0 Å². The molecule has 0 aromatic heterocycles. The zero-order valence-corrected chi connectivity index (χ0v) is 11.5. The zero-order chi connectivity index (χ0) is 13.7. The Morgan fingerprint density at radius 1 is 1.11 bits per heavy atom. The quantitative estimate of drug-likeness (QED) is 0.757. The molecule has 0 aliphatic heterocycles. The van der Waals surface area contributed by atoms with Gasteiger partial charge >= 0.3 is 0 Å². The van der Waals surface area contributed by atoms with Crippen molar-refractivity contribution in [3.63, 3.8) is 0 Å². The van der Waals surface area contributed by atoms with E-state index in [4.69, 9.17) is 16.3 Å². The van der Waals surface area contributed by atoms with Crippen molar-refractivity contribution in [2.24, 2.45) is 0 Å². The van der Waals surface area contributed by atoms with E-state index in [0.29, 0.717) is 22.8 Å². The highest BCUT2D eigenvalue weighted by molar-refractivity contribution is 6.31. The molecule has 0 aliphatic carbocycles. The predicted molar refractivity (Wildman–Crippen MR) is 77.1 cm³/mol. The maximum Gasteiger partial charge on any atom is 0.193 e. The first-order valence-corrected chi connectivity index (χ1v) is 6.61. The molecule has 2 aromatic rings. The number of ether oxygens (including phenoxy) is 1. The summed E-state index contributed by atoms with van der Waals surface area (Å²) >= 11 is 5.89. The van der Waals surface area contributed by atoms with E-state index in [1.165, 1.54) is 0 Å². The van der Waals surface area contributed by atoms with E-state index in [1.807, 2.05) is 12.1 Å². The Labute approximate surface area is 118 Å². The molecule has 0 saturated carbocycles. The van der Waals surface area contributed by atoms with E-state index in [0.717, 1.165) is 12.2 Å². The van der Waals surface area contributed by atoms with Crippen molar-refractivity contribution >= 4 is 17.4 Å². The first kappa shape index (κ1) is 13.6. The number of hydrogen-bond donors (Lipinski definition) is 0. The third-order valence-electron chi connectivity index (χ3n) is 2.68. The monoisotopic (exact) mass is 274 g/mol. The molecule has 0 spiro atoms. The van der Waals surface area contributed by atoms with Crippen LogP contribution in [0.4, 0.5) is 0 Å². The second-order valence-corrected chi connectivity index (χ2v) is 4.65. The van der Waals surface area contributed by atoms with Crippen LogP contribution in [0.1, 0.15) is 29.3 Å². The highest BCUT2D eigenvalue weighted by Gasteiger charge is 2.09. The minimum absolute atomic E-state index is 0.0375. The van der Waals surface area contributed by atoms with Crippen LogP contribution in [0.15, 0.2) is 48.5 Å². The second-order valence-electron chi connectivity index (χ2n) is 4.21. The molecule has 0 atom stereocenters. The minimum atomic E-state index is -0.0375. The zero-order valence-electron chi connectivity index (χ0n) is 10.7. The fourth-order valence-corrected chi connectivity index (χ4v) is 1.91. The SMILES string of the molecule is CCCOc1ccc(C(=O)c2cccc(Cl)c2)cc1. The number of carbonyl (C=O) groups excluding carboxylic acids is 1. The molecule has 0 bridgehead atoms. The number of rotatable bonds is 5. The average molecular weight is 275 g/mol. The maximum absolute atomic E-state index is 12.2. The molecule has 2 nitrogen and oxygen atoms in total. The molecule has 2 rings (SSSR count). The Morgan fingerprint density at radius 2 is 1.84 bits per heavy atom. The minimum Gasteiger partial charge on any atom is -0.494 e. The average Bonchev–Trinajstić information content (AvgIpc) is 2.45. The van der Waals surface area contributed by atoms with E-state index in [9.17, 15) is 4.79 Å². The largest absolute Gasteiger partial charge is 0.494 e. The van der Waals surface area contributed by atoms with Crippen molar-refractivity contribution in [1.82, 2.24) is 0 Å². The Kier molecular flexibility index (Phi) is 4.58. The summed E-state index contributed by atoms with van der Waals surface area (Å²) in [5, 5.41) is 0.564. The smallest absolute Gasteiger partial charge is 0.193 e. The summed E-state index contributed by atoms with van der Waals surface area (Å²) in [4.78, 5) is 12.2. The Morgan fingerprint density at radius 3 is 2.47 bits per heavy atom. The molecular formula is C16H15ClO2. The molecule has 0 radical (unpaired) electrons. The van der Waals surface area contributed by atoms with Crippen molar-refractivity contribution in [2.75, 3.05) is 6.61 Å². The molecule has 0 unspecified atom stereocenters. The molecule has 98 valence electrons. The van der Waals surface area contributed by atoms with Gasteiger partial charge in [-0.15, -0.1) is 0 Å². The lowest BCUT2D eigenvalue weighted by atomic mass is 10.0. The predicted octanol–water partition coefficient (Wildman–Crippen LogP) is 4.36. The van der Waals surface area contributed by atoms with Gasteiger partial charge in [0.2, 0.25) is 0 Å². The van der Waals surface area contributed by atoms with E-state index in [-0.39, 0.29) is 5.78 Å². The molecular weight excluding hydrogens is 260 g/mol. The summed E-state index contributed by atoms with van der Waals surface area (Å²) in [5.41, 5.74) is 1.22. The lowest BCUT2D eigenvalue weighted by Gasteiger charge is -2.06. The van der Waals surface area contributed by atoms with Crippen LogP contribution in [-0.4, -0.2) is 12.4 Å². The molecule has 19 heavy (non-hydrogen) atoms. The number of hydrogen-bond acceptors (Lipinski definition) is 2. The van der Waals surface area contributed by atoms with Gasteiger partial charge in [0.15, 0.2) is 5.78 Å². The summed E-state index contributed by atoms with van der Waals surface area (Å²) < 4.78 is 5.48. The van der Waals surface area contributed by atoms with Gasteiger partial charge in [0.25, 0.3) is 0 Å². The van der Waals surface area contributed by atoms with Gasteiger partial charge in [-0.25, -0.2) is 0 Å². The topological polar surface area (TPSA) is 26.3 Å². The van der Waals surface area contributed by atoms with Crippen LogP contribution in [0.2, 0.25) is 5.02 Å². The standard InChI is InChI=1S/C16H15ClO2/c1-2-10-19-15-8-6-12(7-9-15)16(18)13-4-3-5-14(17)11-13/h3-9,11H,2,10H2,1H3. The molecule has 0 saturated heterocycles. The van der Waals surface area contributed by atoms with E-state index < -0.39 is 0 Å². The van der Waals surface area contributed by atoms with E-state index in [2.05, 4.69) is 6.92 Å². The van der Waals surface area contributed by atoms with Gasteiger partial charge in [0.1, 0.15) is 5.75 Å². The summed E-state index contributed by atoms with van der Waals surface area (Å²) in [6.45, 7) is 2.73. The molecule has 0 aliphatic rings. The van der Waals surface area contributed by atoms with Crippen LogP contribution in [0.3, 0.4) is 0 Å². The number of carbonyl (C=O) groups is 1. The van der Waals surface area contributed by atoms with Gasteiger partial charge < -0.3 is 4.74 Å². The van der Waals surface area contributed by atoms with Gasteiger partial charge in [-0.1, -0.05) is 30.7 Å². The van der Waals surface area contributed by atoms with Gasteiger partial charge in [0, 0.05) is 16.1 Å². The summed E-state index contributed by atoms with van der Waals surface area (Å²) in [6, 6.07) is 14.1. The fourth-order valence-electron chi connectivity index (χ4n) is 1.72. The Bertz CT molecular complexity index is 561. The highest BCUT2D eigenvalue weighted by Crippen LogP contribution is 2.17. The number of ketones is 1. The van der Waals surface area contributed by atoms with Gasteiger partial charge in [-0.3, -0.25) is 4.79 Å². The normalized spacial score (nSPS) is 10.2. The Balaban J connectivity index is 2.15. The third-order valence-corrected chi connectivity index (χ3v) is 2.91. The molecule has 0 heterocycles. The molecule has 2 aromatic carbocycles. The van der Waals surface area contributed by atoms with E-state index in [1.54, 1.807) is 36.4 Å². The van der Waals surface area contributed by atoms with Crippen LogP contribution in [0.5, 0.6) is 5.75 Å². The van der Waals surface area contributed by atoms with Crippen molar-refractivity contribution in [1.29, 1.82) is 0 Å². The van der Waals surface area contributed by atoms with Gasteiger partial charge in [0.05, 0.1) is 6.61 Å². The second kappa shape index (κ2) is 6.39. The Hall–Kier alpha value is -1.80. The highest BCUT2D eigenvalue weighted by atomic mass is 35.5. The van der Waals surface area contributed by atoms with Crippen LogP contribution in [-0.2, 0) is 0 Å². The van der Waals surface area contributed by atoms with Crippen LogP contribution < -0.4 is 4.74 Å². The van der Waals surface area contributed by atoms with Crippen molar-refractivity contribution in [2.45, 2.75) is 13.3 Å². The lowest BCUT2D eigenvalue weighted by Crippen LogP contribution is -2.01. The number of halogens is 1. The molecule has 0 fully saturated rings. The third kappa shape index (κ3) is 3.58. The van der Waals surface area contributed by atoms with Crippen LogP contribution >= 0.6 is 11.6 Å².